The summed E-state index contributed by atoms with van der Waals surface area (Å²) in [6, 6.07) is 0.817. The van der Waals surface area contributed by atoms with Crippen LogP contribution in [0.3, 0.4) is 0 Å². The van der Waals surface area contributed by atoms with Crippen LogP contribution in [0, 0.1) is 0 Å². The highest BCUT2D eigenvalue weighted by Crippen LogP contribution is 2.40. The molecule has 34 valence electrons. The van der Waals surface area contributed by atoms with Gasteiger partial charge >= 0.3 is 0 Å². The SMILES string of the molecule is C[C@]12C[C@H]1NN2. The van der Waals surface area contributed by atoms with Crippen LogP contribution in [0.2, 0.25) is 0 Å². The first-order valence-corrected chi connectivity index (χ1v) is 2.34. The molecule has 0 amide bonds. The normalized spacial score (nSPS) is 62.5. The van der Waals surface area contributed by atoms with Crippen LogP contribution >= 0.6 is 0 Å². The largest absolute Gasteiger partial charge is 0.252 e. The number of hydrogen-bond donors (Lipinski definition) is 2. The summed E-state index contributed by atoms with van der Waals surface area (Å²) in [7, 11) is 0. The minimum atomic E-state index is 0.528. The van der Waals surface area contributed by atoms with Crippen LogP contribution < -0.4 is 10.9 Å². The quantitative estimate of drug-likeness (QED) is 0.418. The molecule has 0 bridgehead atoms. The van der Waals surface area contributed by atoms with E-state index in [2.05, 4.69) is 17.8 Å². The lowest BCUT2D eigenvalue weighted by Crippen LogP contribution is -2.57. The number of hydrazine groups is 1. The average Bonchev–Trinajstić information content (AvgIpc) is 1.88. The highest BCUT2D eigenvalue weighted by atomic mass is 15.6. The van der Waals surface area contributed by atoms with E-state index in [0.29, 0.717) is 5.54 Å². The summed E-state index contributed by atoms with van der Waals surface area (Å²) in [4.78, 5) is 0. The molecule has 2 N–H and O–H groups in total. The lowest BCUT2D eigenvalue weighted by molar-refractivity contribution is 0.314. The topological polar surface area (TPSA) is 24.1 Å². The lowest BCUT2D eigenvalue weighted by atomic mass is 10.3. The van der Waals surface area contributed by atoms with Gasteiger partial charge in [-0.3, -0.25) is 5.43 Å². The molecule has 0 spiro atoms. The molecule has 0 aromatic rings. The number of hydrogen-bond acceptors (Lipinski definition) is 2. The molecule has 0 radical (unpaired) electrons. The number of nitrogens with one attached hydrogen (secondary N) is 2. The Morgan fingerprint density at radius 1 is 1.83 bits per heavy atom. The molecule has 1 aliphatic heterocycles. The third kappa shape index (κ3) is 0.150. The summed E-state index contributed by atoms with van der Waals surface area (Å²) < 4.78 is 0. The van der Waals surface area contributed by atoms with E-state index in [-0.39, 0.29) is 0 Å². The highest BCUT2D eigenvalue weighted by molar-refractivity contribution is 5.18. The molecule has 0 aromatic heterocycles. The molecule has 2 heteroatoms. The molecular formula is C4H8N2. The van der Waals surface area contributed by atoms with Crippen LogP contribution in [-0.2, 0) is 0 Å². The van der Waals surface area contributed by atoms with E-state index in [9.17, 15) is 0 Å². The van der Waals surface area contributed by atoms with Gasteiger partial charge in [-0.1, -0.05) is 0 Å². The molecule has 2 fully saturated rings. The molecule has 1 saturated carbocycles. The van der Waals surface area contributed by atoms with Crippen molar-refractivity contribution < 1.29 is 0 Å². The van der Waals surface area contributed by atoms with E-state index in [1.807, 2.05) is 0 Å². The van der Waals surface area contributed by atoms with Crippen molar-refractivity contribution in [1.29, 1.82) is 0 Å². The standard InChI is InChI=1S/C4H8N2/c1-4-2-3(4)5-6-4/h3,5-6H,2H2,1H3/t3-,4+/m1/s1. The Balaban J connectivity index is 2.22. The Kier molecular flexibility index (Phi) is 0.265. The molecule has 2 atom stereocenters. The predicted molar refractivity (Wildman–Crippen MR) is 23.1 cm³/mol. The molecule has 1 heterocycles. The molecule has 1 saturated heterocycles. The zero-order valence-corrected chi connectivity index (χ0v) is 3.78. The molecule has 6 heavy (non-hydrogen) atoms. The molecule has 0 aromatic carbocycles. The maximum atomic E-state index is 3.11. The maximum absolute atomic E-state index is 3.11. The zero-order chi connectivity index (χ0) is 4.20. The van der Waals surface area contributed by atoms with Gasteiger partial charge in [0.15, 0.2) is 0 Å². The van der Waals surface area contributed by atoms with Crippen molar-refractivity contribution in [1.82, 2.24) is 10.9 Å². The molecular weight excluding hydrogens is 76.1 g/mol. The van der Waals surface area contributed by atoms with Crippen LogP contribution in [0.25, 0.3) is 0 Å². The molecule has 1 aliphatic carbocycles. The third-order valence-electron chi connectivity index (χ3n) is 1.77. The van der Waals surface area contributed by atoms with Crippen LogP contribution in [0.15, 0.2) is 0 Å². The van der Waals surface area contributed by atoms with Crippen LogP contribution in [0.5, 0.6) is 0 Å². The Morgan fingerprint density at radius 3 is 2.50 bits per heavy atom. The van der Waals surface area contributed by atoms with Crippen LogP contribution in [0.1, 0.15) is 13.3 Å². The van der Waals surface area contributed by atoms with Gasteiger partial charge in [0.2, 0.25) is 0 Å². The average molecular weight is 84.1 g/mol. The van der Waals surface area contributed by atoms with Gasteiger partial charge in [0.25, 0.3) is 0 Å². The monoisotopic (exact) mass is 84.1 g/mol. The summed E-state index contributed by atoms with van der Waals surface area (Å²) in [5.74, 6) is 0. The minimum Gasteiger partial charge on any atom is -0.252 e. The lowest BCUT2D eigenvalue weighted by Gasteiger charge is -2.23. The Morgan fingerprint density at radius 2 is 2.50 bits per heavy atom. The summed E-state index contributed by atoms with van der Waals surface area (Å²) in [5, 5.41) is 0. The van der Waals surface area contributed by atoms with Crippen molar-refractivity contribution in [3.05, 3.63) is 0 Å². The number of fused-ring (bicyclic) bond motifs is 1. The first-order valence-electron chi connectivity index (χ1n) is 2.34. The Labute approximate surface area is 36.9 Å². The van der Waals surface area contributed by atoms with E-state index in [1.54, 1.807) is 0 Å². The molecule has 2 aliphatic rings. The second kappa shape index (κ2) is 0.532. The van der Waals surface area contributed by atoms with Crippen LogP contribution in [0.4, 0.5) is 0 Å². The smallest absolute Gasteiger partial charge is 0.0478 e. The first kappa shape index (κ1) is 2.99. The van der Waals surface area contributed by atoms with E-state index in [0.717, 1.165) is 6.04 Å². The van der Waals surface area contributed by atoms with Crippen molar-refractivity contribution in [2.75, 3.05) is 0 Å². The zero-order valence-electron chi connectivity index (χ0n) is 3.78. The van der Waals surface area contributed by atoms with Gasteiger partial charge in [-0.15, -0.1) is 0 Å². The number of rotatable bonds is 0. The second-order valence-corrected chi connectivity index (χ2v) is 2.44. The summed E-state index contributed by atoms with van der Waals surface area (Å²) in [5.41, 5.74) is 6.71. The van der Waals surface area contributed by atoms with Crippen LogP contribution in [-0.4, -0.2) is 11.6 Å². The highest BCUT2D eigenvalue weighted by Gasteiger charge is 2.57. The summed E-state index contributed by atoms with van der Waals surface area (Å²) in [6.07, 6.45) is 1.33. The van der Waals surface area contributed by atoms with Gasteiger partial charge in [0.1, 0.15) is 0 Å². The van der Waals surface area contributed by atoms with Gasteiger partial charge in [0, 0.05) is 11.6 Å². The first-order chi connectivity index (χ1) is 2.81. The van der Waals surface area contributed by atoms with Gasteiger partial charge in [-0.2, -0.15) is 0 Å². The fourth-order valence-corrected chi connectivity index (χ4v) is 0.888. The van der Waals surface area contributed by atoms with Gasteiger partial charge in [-0.25, -0.2) is 5.43 Å². The predicted octanol–water partition coefficient (Wildman–Crippen LogP) is -0.375. The van der Waals surface area contributed by atoms with Crippen molar-refractivity contribution >= 4 is 0 Å². The minimum absolute atomic E-state index is 0.528. The molecule has 0 unspecified atom stereocenters. The third-order valence-corrected chi connectivity index (χ3v) is 1.77. The summed E-state index contributed by atoms with van der Waals surface area (Å²) >= 11 is 0. The fraction of sp³-hybridized carbons (Fsp3) is 1.00. The van der Waals surface area contributed by atoms with Gasteiger partial charge in [0.05, 0.1) is 0 Å². The van der Waals surface area contributed by atoms with E-state index < -0.39 is 0 Å². The van der Waals surface area contributed by atoms with E-state index in [1.165, 1.54) is 6.42 Å². The van der Waals surface area contributed by atoms with Gasteiger partial charge < -0.3 is 0 Å². The molecule has 2 rings (SSSR count). The van der Waals surface area contributed by atoms with E-state index in [4.69, 9.17) is 0 Å². The second-order valence-electron chi connectivity index (χ2n) is 2.44. The van der Waals surface area contributed by atoms with Crippen molar-refractivity contribution in [2.24, 2.45) is 0 Å². The van der Waals surface area contributed by atoms with Crippen molar-refractivity contribution in [2.45, 2.75) is 24.9 Å². The van der Waals surface area contributed by atoms with Crippen molar-refractivity contribution in [3.8, 4) is 0 Å². The summed E-state index contributed by atoms with van der Waals surface area (Å²) in [6.45, 7) is 2.23. The maximum Gasteiger partial charge on any atom is 0.0478 e. The van der Waals surface area contributed by atoms with E-state index >= 15 is 0 Å². The van der Waals surface area contributed by atoms with Gasteiger partial charge in [-0.05, 0) is 13.3 Å². The Bertz CT molecular complexity index is 87.5. The fourth-order valence-electron chi connectivity index (χ4n) is 0.888. The van der Waals surface area contributed by atoms with Crippen molar-refractivity contribution in [3.63, 3.8) is 0 Å². The molecule has 2 nitrogen and oxygen atoms in total. The Hall–Kier alpha value is -0.0800.